The van der Waals surface area contributed by atoms with Gasteiger partial charge in [0.25, 0.3) is 5.91 Å². The molecule has 0 aliphatic rings. The monoisotopic (exact) mass is 341 g/mol. The van der Waals surface area contributed by atoms with Gasteiger partial charge < -0.3 is 5.32 Å². The number of halogens is 1. The number of aromatic nitrogens is 2. The predicted octanol–water partition coefficient (Wildman–Crippen LogP) is 1.61. The van der Waals surface area contributed by atoms with Crippen molar-refractivity contribution in [3.63, 3.8) is 0 Å². The van der Waals surface area contributed by atoms with Gasteiger partial charge in [-0.3, -0.25) is 20.0 Å². The molecule has 2 rings (SSSR count). The van der Waals surface area contributed by atoms with Gasteiger partial charge in [-0.1, -0.05) is 13.0 Å². The third-order valence-corrected chi connectivity index (χ3v) is 3.33. The summed E-state index contributed by atoms with van der Waals surface area (Å²) < 4.78 is 0. The number of hydrazine groups is 1. The number of nitrogens with one attached hydrogen (secondary N) is 3. The smallest absolute Gasteiger partial charge is 0.283 e. The maximum absolute atomic E-state index is 12.0. The lowest BCUT2D eigenvalue weighted by Crippen LogP contribution is -2.49. The molecule has 2 aromatic rings. The standard InChI is InChI=1S/C13H15N5O2S.ClH/c1-2-9(11(19)16-13-15-7-8-21-13)17-18-12(20)10-5-3-4-6-14-10;/h3-9,17H,2H2,1H3,(H,18,20)(H,15,16,19);1H. The van der Waals surface area contributed by atoms with Crippen molar-refractivity contribution in [1.82, 2.24) is 20.8 Å². The number of anilines is 1. The van der Waals surface area contributed by atoms with Gasteiger partial charge in [0.05, 0.1) is 0 Å². The lowest BCUT2D eigenvalue weighted by Gasteiger charge is -2.16. The fraction of sp³-hybridized carbons (Fsp3) is 0.231. The Kier molecular flexibility index (Phi) is 7.44. The molecule has 2 aromatic heterocycles. The Morgan fingerprint density at radius 1 is 1.27 bits per heavy atom. The maximum Gasteiger partial charge on any atom is 0.283 e. The van der Waals surface area contributed by atoms with Gasteiger partial charge in [-0.15, -0.1) is 23.7 Å². The highest BCUT2D eigenvalue weighted by molar-refractivity contribution is 7.13. The van der Waals surface area contributed by atoms with Crippen LogP contribution in [-0.4, -0.2) is 27.8 Å². The van der Waals surface area contributed by atoms with Crippen LogP contribution in [0.4, 0.5) is 5.13 Å². The average molecular weight is 342 g/mol. The second kappa shape index (κ2) is 9.08. The minimum absolute atomic E-state index is 0. The van der Waals surface area contributed by atoms with Crippen LogP contribution in [-0.2, 0) is 4.79 Å². The maximum atomic E-state index is 12.0. The van der Waals surface area contributed by atoms with Crippen LogP contribution >= 0.6 is 23.7 Å². The van der Waals surface area contributed by atoms with Crippen molar-refractivity contribution in [2.24, 2.45) is 0 Å². The van der Waals surface area contributed by atoms with Gasteiger partial charge in [0, 0.05) is 17.8 Å². The van der Waals surface area contributed by atoms with Crippen molar-refractivity contribution in [3.8, 4) is 0 Å². The summed E-state index contributed by atoms with van der Waals surface area (Å²) in [5.41, 5.74) is 5.46. The Balaban J connectivity index is 0.00000242. The van der Waals surface area contributed by atoms with Crippen molar-refractivity contribution in [1.29, 1.82) is 0 Å². The third kappa shape index (κ3) is 5.06. The Bertz CT molecular complexity index is 594. The molecule has 0 spiro atoms. The molecular formula is C13H16ClN5O2S. The number of amides is 2. The molecule has 0 aliphatic heterocycles. The van der Waals surface area contributed by atoms with E-state index in [0.717, 1.165) is 0 Å². The lowest BCUT2D eigenvalue weighted by atomic mass is 10.2. The van der Waals surface area contributed by atoms with Gasteiger partial charge >= 0.3 is 0 Å². The van der Waals surface area contributed by atoms with Crippen molar-refractivity contribution >= 4 is 40.7 Å². The number of nitrogens with zero attached hydrogens (tertiary/aromatic N) is 2. The Labute approximate surface area is 137 Å². The predicted molar refractivity (Wildman–Crippen MR) is 86.9 cm³/mol. The summed E-state index contributed by atoms with van der Waals surface area (Å²) in [6, 6.07) is 4.48. The van der Waals surface area contributed by atoms with Crippen LogP contribution in [0.1, 0.15) is 23.8 Å². The summed E-state index contributed by atoms with van der Waals surface area (Å²) in [6.45, 7) is 1.84. The van der Waals surface area contributed by atoms with Crippen molar-refractivity contribution in [2.45, 2.75) is 19.4 Å². The summed E-state index contributed by atoms with van der Waals surface area (Å²) >= 11 is 1.33. The molecule has 0 bridgehead atoms. The first-order valence-electron chi connectivity index (χ1n) is 6.38. The van der Waals surface area contributed by atoms with E-state index in [1.807, 2.05) is 6.92 Å². The lowest BCUT2D eigenvalue weighted by molar-refractivity contribution is -0.118. The first kappa shape index (κ1) is 18.0. The van der Waals surface area contributed by atoms with Crippen LogP contribution in [0, 0.1) is 0 Å². The number of carbonyl (C=O) groups excluding carboxylic acids is 2. The van der Waals surface area contributed by atoms with Gasteiger partial charge in [0.2, 0.25) is 5.91 Å². The Morgan fingerprint density at radius 3 is 2.68 bits per heavy atom. The molecule has 0 radical (unpaired) electrons. The zero-order valence-corrected chi connectivity index (χ0v) is 13.4. The second-order valence-electron chi connectivity index (χ2n) is 4.10. The molecule has 0 fully saturated rings. The molecule has 1 unspecified atom stereocenters. The van der Waals surface area contributed by atoms with E-state index in [9.17, 15) is 9.59 Å². The van der Waals surface area contributed by atoms with E-state index in [1.165, 1.54) is 17.5 Å². The highest BCUT2D eigenvalue weighted by Crippen LogP contribution is 2.10. The molecule has 0 saturated carbocycles. The number of rotatable bonds is 6. The van der Waals surface area contributed by atoms with Gasteiger partial charge in [0.1, 0.15) is 11.7 Å². The molecule has 2 amide bonds. The molecule has 3 N–H and O–H groups in total. The fourth-order valence-electron chi connectivity index (χ4n) is 1.54. The normalized spacial score (nSPS) is 11.1. The minimum Gasteiger partial charge on any atom is -0.301 e. The van der Waals surface area contributed by atoms with E-state index < -0.39 is 11.9 Å². The van der Waals surface area contributed by atoms with E-state index in [1.54, 1.807) is 29.8 Å². The van der Waals surface area contributed by atoms with Crippen LogP contribution in [0.3, 0.4) is 0 Å². The molecule has 2 heterocycles. The summed E-state index contributed by atoms with van der Waals surface area (Å²) in [4.78, 5) is 31.7. The molecule has 0 saturated heterocycles. The molecule has 7 nitrogen and oxygen atoms in total. The minimum atomic E-state index is -0.554. The number of hydrogen-bond acceptors (Lipinski definition) is 6. The van der Waals surface area contributed by atoms with E-state index in [2.05, 4.69) is 26.1 Å². The topological polar surface area (TPSA) is 96.0 Å². The number of carbonyl (C=O) groups is 2. The molecular weight excluding hydrogens is 326 g/mol. The molecule has 0 aliphatic carbocycles. The third-order valence-electron chi connectivity index (χ3n) is 2.64. The van der Waals surface area contributed by atoms with Gasteiger partial charge in [0.15, 0.2) is 5.13 Å². The van der Waals surface area contributed by atoms with Crippen LogP contribution < -0.4 is 16.2 Å². The summed E-state index contributed by atoms with van der Waals surface area (Å²) in [7, 11) is 0. The van der Waals surface area contributed by atoms with E-state index >= 15 is 0 Å². The van der Waals surface area contributed by atoms with E-state index in [4.69, 9.17) is 0 Å². The van der Waals surface area contributed by atoms with E-state index in [0.29, 0.717) is 11.6 Å². The van der Waals surface area contributed by atoms with E-state index in [-0.39, 0.29) is 24.0 Å². The Morgan fingerprint density at radius 2 is 2.09 bits per heavy atom. The van der Waals surface area contributed by atoms with Crippen LogP contribution in [0.5, 0.6) is 0 Å². The van der Waals surface area contributed by atoms with Gasteiger partial charge in [-0.25, -0.2) is 10.4 Å². The Hall–Kier alpha value is -2.03. The van der Waals surface area contributed by atoms with Crippen molar-refractivity contribution < 1.29 is 9.59 Å². The SMILES string of the molecule is CCC(NNC(=O)c1ccccn1)C(=O)Nc1nccs1.Cl. The van der Waals surface area contributed by atoms with Crippen molar-refractivity contribution in [3.05, 3.63) is 41.7 Å². The second-order valence-corrected chi connectivity index (χ2v) is 5.00. The van der Waals surface area contributed by atoms with Gasteiger partial charge in [-0.2, -0.15) is 0 Å². The summed E-state index contributed by atoms with van der Waals surface area (Å²) in [6.07, 6.45) is 3.65. The van der Waals surface area contributed by atoms with Crippen molar-refractivity contribution in [2.75, 3.05) is 5.32 Å². The molecule has 118 valence electrons. The zero-order chi connectivity index (χ0) is 15.1. The van der Waals surface area contributed by atoms with Crippen LogP contribution in [0.25, 0.3) is 0 Å². The highest BCUT2D eigenvalue weighted by atomic mass is 35.5. The van der Waals surface area contributed by atoms with Gasteiger partial charge in [-0.05, 0) is 18.6 Å². The quantitative estimate of drug-likeness (QED) is 0.694. The largest absolute Gasteiger partial charge is 0.301 e. The van der Waals surface area contributed by atoms with Crippen LogP contribution in [0.2, 0.25) is 0 Å². The first-order chi connectivity index (χ1) is 10.2. The molecule has 0 aromatic carbocycles. The molecule has 1 atom stereocenters. The molecule has 9 heteroatoms. The average Bonchev–Trinajstić information content (AvgIpc) is 3.01. The highest BCUT2D eigenvalue weighted by Gasteiger charge is 2.18. The van der Waals surface area contributed by atoms with Crippen LogP contribution in [0.15, 0.2) is 36.0 Å². The number of hydrogen-bond donors (Lipinski definition) is 3. The zero-order valence-electron chi connectivity index (χ0n) is 11.8. The number of pyridine rings is 1. The summed E-state index contributed by atoms with van der Waals surface area (Å²) in [5, 5.41) is 4.97. The summed E-state index contributed by atoms with van der Waals surface area (Å²) in [5.74, 6) is -0.648. The number of thiazole rings is 1. The first-order valence-corrected chi connectivity index (χ1v) is 7.26. The fourth-order valence-corrected chi connectivity index (χ4v) is 2.08. The molecule has 22 heavy (non-hydrogen) atoms.